The van der Waals surface area contributed by atoms with Crippen molar-refractivity contribution in [2.45, 2.75) is 13.1 Å². The first kappa shape index (κ1) is 9.18. The minimum absolute atomic E-state index is 0.429. The number of hydrogen-bond donors (Lipinski definition) is 2. The van der Waals surface area contributed by atoms with Crippen LogP contribution >= 0.6 is 0 Å². The molecule has 1 aromatic heterocycles. The normalized spacial score (nSPS) is 11.5. The zero-order valence-electron chi connectivity index (χ0n) is 8.36. The van der Waals surface area contributed by atoms with E-state index in [0.717, 1.165) is 22.4 Å². The summed E-state index contributed by atoms with van der Waals surface area (Å²) in [5.74, 6) is 0.989. The van der Waals surface area contributed by atoms with Crippen LogP contribution in [0.4, 0.5) is 0 Å². The van der Waals surface area contributed by atoms with E-state index in [1.54, 1.807) is 0 Å². The predicted octanol–water partition coefficient (Wildman–Crippen LogP) is 0.798. The highest BCUT2D eigenvalue weighted by molar-refractivity contribution is 5.76. The van der Waals surface area contributed by atoms with Gasteiger partial charge >= 0.3 is 0 Å². The van der Waals surface area contributed by atoms with Gasteiger partial charge < -0.3 is 16.0 Å². The summed E-state index contributed by atoms with van der Waals surface area (Å²) in [5.41, 5.74) is 14.1. The summed E-state index contributed by atoms with van der Waals surface area (Å²) >= 11 is 0. The van der Waals surface area contributed by atoms with E-state index >= 15 is 0 Å². The van der Waals surface area contributed by atoms with Gasteiger partial charge in [-0.05, 0) is 24.6 Å². The van der Waals surface area contributed by atoms with Crippen molar-refractivity contribution in [3.05, 3.63) is 29.6 Å². The van der Waals surface area contributed by atoms with E-state index in [1.165, 1.54) is 0 Å². The van der Waals surface area contributed by atoms with Gasteiger partial charge in [-0.3, -0.25) is 0 Å². The van der Waals surface area contributed by atoms with Crippen LogP contribution in [0.5, 0.6) is 0 Å². The molecule has 0 amide bonds. The Morgan fingerprint density at radius 2 is 2.07 bits per heavy atom. The van der Waals surface area contributed by atoms with Crippen LogP contribution in [-0.2, 0) is 7.05 Å². The Labute approximate surface area is 82.5 Å². The summed E-state index contributed by atoms with van der Waals surface area (Å²) in [6, 6.07) is 5.87. The molecule has 0 aliphatic heterocycles. The van der Waals surface area contributed by atoms with E-state index in [4.69, 9.17) is 11.5 Å². The van der Waals surface area contributed by atoms with Crippen LogP contribution in [0.25, 0.3) is 11.0 Å². The molecule has 74 valence electrons. The first-order chi connectivity index (χ1) is 6.59. The monoisotopic (exact) mass is 190 g/mol. The minimum atomic E-state index is -0.429. The number of fused-ring (bicyclic) bond motifs is 1. The van der Waals surface area contributed by atoms with Gasteiger partial charge in [0.1, 0.15) is 5.82 Å². The van der Waals surface area contributed by atoms with Crippen molar-refractivity contribution in [2.75, 3.05) is 0 Å². The molecule has 0 atom stereocenters. The number of aryl methyl sites for hydroxylation is 2. The van der Waals surface area contributed by atoms with E-state index in [9.17, 15) is 0 Å². The van der Waals surface area contributed by atoms with Gasteiger partial charge in [0, 0.05) is 7.05 Å². The van der Waals surface area contributed by atoms with Crippen LogP contribution in [0.15, 0.2) is 18.2 Å². The number of benzene rings is 1. The Morgan fingerprint density at radius 1 is 1.36 bits per heavy atom. The molecule has 0 unspecified atom stereocenters. The summed E-state index contributed by atoms with van der Waals surface area (Å²) in [7, 11) is 1.99. The molecule has 0 spiro atoms. The molecular formula is C10H14N4. The second-order valence-electron chi connectivity index (χ2n) is 3.49. The van der Waals surface area contributed by atoms with Crippen molar-refractivity contribution >= 4 is 11.0 Å². The van der Waals surface area contributed by atoms with E-state index in [2.05, 4.69) is 4.98 Å². The van der Waals surface area contributed by atoms with Gasteiger partial charge in [0.25, 0.3) is 0 Å². The zero-order valence-corrected chi connectivity index (χ0v) is 8.36. The van der Waals surface area contributed by atoms with Gasteiger partial charge in [-0.15, -0.1) is 0 Å². The van der Waals surface area contributed by atoms with Crippen LogP contribution in [-0.4, -0.2) is 9.55 Å². The summed E-state index contributed by atoms with van der Waals surface area (Å²) in [5, 5.41) is 0. The van der Waals surface area contributed by atoms with Gasteiger partial charge in [-0.2, -0.15) is 0 Å². The fourth-order valence-corrected chi connectivity index (χ4v) is 1.54. The highest BCUT2D eigenvalue weighted by atomic mass is 15.0. The molecule has 0 radical (unpaired) electrons. The summed E-state index contributed by atoms with van der Waals surface area (Å²) < 4.78 is 2.04. The molecule has 2 aromatic rings. The Hall–Kier alpha value is -1.39. The Bertz CT molecular complexity index is 470. The summed E-state index contributed by atoms with van der Waals surface area (Å²) in [6.45, 7) is 1.97. The van der Waals surface area contributed by atoms with Gasteiger partial charge in [0.15, 0.2) is 0 Å². The van der Waals surface area contributed by atoms with Crippen molar-refractivity contribution in [3.63, 3.8) is 0 Å². The SMILES string of the molecule is Cc1nc2cc(C(N)N)ccc2n1C. The highest BCUT2D eigenvalue weighted by Crippen LogP contribution is 2.17. The predicted molar refractivity (Wildman–Crippen MR) is 56.6 cm³/mol. The molecule has 0 aliphatic rings. The molecule has 0 bridgehead atoms. The molecule has 1 aromatic carbocycles. The molecule has 4 heteroatoms. The second-order valence-corrected chi connectivity index (χ2v) is 3.49. The first-order valence-corrected chi connectivity index (χ1v) is 4.54. The van der Waals surface area contributed by atoms with Crippen molar-refractivity contribution in [2.24, 2.45) is 18.5 Å². The van der Waals surface area contributed by atoms with Crippen LogP contribution in [0.3, 0.4) is 0 Å². The molecule has 14 heavy (non-hydrogen) atoms. The fourth-order valence-electron chi connectivity index (χ4n) is 1.54. The van der Waals surface area contributed by atoms with Crippen molar-refractivity contribution in [1.82, 2.24) is 9.55 Å². The van der Waals surface area contributed by atoms with Crippen LogP contribution < -0.4 is 11.5 Å². The standard InChI is InChI=1S/C10H14N4/c1-6-13-8-5-7(10(11)12)3-4-9(8)14(6)2/h3-5,10H,11-12H2,1-2H3. The quantitative estimate of drug-likeness (QED) is 0.653. The number of rotatable bonds is 1. The van der Waals surface area contributed by atoms with Gasteiger partial charge in [0.2, 0.25) is 0 Å². The molecule has 4 nitrogen and oxygen atoms in total. The maximum absolute atomic E-state index is 5.59. The Morgan fingerprint density at radius 3 is 2.71 bits per heavy atom. The minimum Gasteiger partial charge on any atom is -0.331 e. The molecule has 0 saturated heterocycles. The van der Waals surface area contributed by atoms with Crippen molar-refractivity contribution in [3.8, 4) is 0 Å². The third kappa shape index (κ3) is 1.29. The molecule has 0 saturated carbocycles. The number of nitrogens with zero attached hydrogens (tertiary/aromatic N) is 2. The third-order valence-corrected chi connectivity index (χ3v) is 2.51. The lowest BCUT2D eigenvalue weighted by atomic mass is 10.1. The van der Waals surface area contributed by atoms with Crippen LogP contribution in [0, 0.1) is 6.92 Å². The average molecular weight is 190 g/mol. The summed E-state index contributed by atoms with van der Waals surface area (Å²) in [4.78, 5) is 4.41. The largest absolute Gasteiger partial charge is 0.331 e. The maximum atomic E-state index is 5.59. The fraction of sp³-hybridized carbons (Fsp3) is 0.300. The topological polar surface area (TPSA) is 69.9 Å². The van der Waals surface area contributed by atoms with Crippen molar-refractivity contribution in [1.29, 1.82) is 0 Å². The van der Waals surface area contributed by atoms with E-state index < -0.39 is 6.17 Å². The summed E-state index contributed by atoms with van der Waals surface area (Å²) in [6.07, 6.45) is -0.429. The number of aromatic nitrogens is 2. The second kappa shape index (κ2) is 3.08. The third-order valence-electron chi connectivity index (χ3n) is 2.51. The molecule has 0 aliphatic carbocycles. The lowest BCUT2D eigenvalue weighted by Crippen LogP contribution is -2.19. The average Bonchev–Trinajstić information content (AvgIpc) is 2.42. The number of imidazole rings is 1. The zero-order chi connectivity index (χ0) is 10.3. The van der Waals surface area contributed by atoms with Gasteiger partial charge in [-0.25, -0.2) is 4.98 Å². The molecule has 2 rings (SSSR count). The molecular weight excluding hydrogens is 176 g/mol. The van der Waals surface area contributed by atoms with E-state index in [1.807, 2.05) is 36.7 Å². The van der Waals surface area contributed by atoms with Crippen LogP contribution in [0.2, 0.25) is 0 Å². The lowest BCUT2D eigenvalue weighted by molar-refractivity contribution is 0.775. The Kier molecular flexibility index (Phi) is 2.02. The lowest BCUT2D eigenvalue weighted by Gasteiger charge is -2.04. The maximum Gasteiger partial charge on any atom is 0.106 e. The molecule has 0 fully saturated rings. The number of nitrogens with two attached hydrogens (primary N) is 2. The van der Waals surface area contributed by atoms with Crippen LogP contribution in [0.1, 0.15) is 17.6 Å². The first-order valence-electron chi connectivity index (χ1n) is 4.54. The number of hydrogen-bond acceptors (Lipinski definition) is 3. The van der Waals surface area contributed by atoms with E-state index in [0.29, 0.717) is 0 Å². The van der Waals surface area contributed by atoms with Crippen molar-refractivity contribution < 1.29 is 0 Å². The van der Waals surface area contributed by atoms with Gasteiger partial charge in [-0.1, -0.05) is 6.07 Å². The Balaban J connectivity index is 2.67. The highest BCUT2D eigenvalue weighted by Gasteiger charge is 2.06. The molecule has 1 heterocycles. The smallest absolute Gasteiger partial charge is 0.106 e. The van der Waals surface area contributed by atoms with Gasteiger partial charge in [0.05, 0.1) is 17.2 Å². The van der Waals surface area contributed by atoms with E-state index in [-0.39, 0.29) is 0 Å². The molecule has 4 N–H and O–H groups in total.